The van der Waals surface area contributed by atoms with Crippen LogP contribution < -0.4 is 15.8 Å². The summed E-state index contributed by atoms with van der Waals surface area (Å²) >= 11 is 0. The molecule has 0 saturated carbocycles. The lowest BCUT2D eigenvalue weighted by Gasteiger charge is -2.27. The van der Waals surface area contributed by atoms with E-state index in [0.717, 1.165) is 18.5 Å². The average molecular weight is 515 g/mol. The molecule has 7 nitrogen and oxygen atoms in total. The molecule has 2 heterocycles. The maximum atomic E-state index is 13.7. The van der Waals surface area contributed by atoms with Gasteiger partial charge in [0.05, 0.1) is 16.8 Å². The van der Waals surface area contributed by atoms with Crippen LogP contribution in [0.5, 0.6) is 0 Å². The Morgan fingerprint density at radius 3 is 2.14 bits per heavy atom. The molecule has 0 aliphatic carbocycles. The van der Waals surface area contributed by atoms with Gasteiger partial charge in [-0.2, -0.15) is 39.5 Å². The number of nitrogens with zero attached hydrogens (tertiary/aromatic N) is 3. The Labute approximate surface area is 189 Å². The molecule has 190 valence electrons. The number of oxazole rings is 1. The SMILES string of the molecule is Cc1ncoc1C(=O)NNc1cc(C(F)(F)F)c2cc(N(CC(F)(F)F)CC(F)(F)F)ccc2n1. The lowest BCUT2D eigenvalue weighted by Crippen LogP contribution is -2.40. The normalized spacial score (nSPS) is 12.6. The minimum Gasteiger partial charge on any atom is -0.438 e. The van der Waals surface area contributed by atoms with Crippen molar-refractivity contribution in [2.75, 3.05) is 23.4 Å². The fourth-order valence-electron chi connectivity index (χ4n) is 3.08. The number of alkyl halides is 9. The summed E-state index contributed by atoms with van der Waals surface area (Å²) in [5.74, 6) is -1.63. The molecule has 16 heteroatoms. The van der Waals surface area contributed by atoms with E-state index < -0.39 is 65.5 Å². The fourth-order valence-corrected chi connectivity index (χ4v) is 3.08. The molecule has 1 aromatic carbocycles. The number of carbonyl (C=O) groups excluding carboxylic acids is 1. The van der Waals surface area contributed by atoms with Crippen molar-refractivity contribution in [3.63, 3.8) is 0 Å². The third-order valence-corrected chi connectivity index (χ3v) is 4.46. The number of pyridine rings is 1. The zero-order valence-corrected chi connectivity index (χ0v) is 17.4. The van der Waals surface area contributed by atoms with E-state index in [2.05, 4.69) is 20.8 Å². The minimum atomic E-state index is -5.07. The second-order valence-corrected chi connectivity index (χ2v) is 7.19. The van der Waals surface area contributed by atoms with E-state index in [1.165, 1.54) is 6.92 Å². The Kier molecular flexibility index (Phi) is 6.77. The van der Waals surface area contributed by atoms with Crippen LogP contribution in [-0.4, -0.2) is 41.3 Å². The van der Waals surface area contributed by atoms with Crippen LogP contribution in [0.25, 0.3) is 10.9 Å². The number of nitrogens with one attached hydrogen (secondary N) is 2. The Bertz CT molecular complexity index is 1200. The summed E-state index contributed by atoms with van der Waals surface area (Å²) in [6.45, 7) is -2.65. The second kappa shape index (κ2) is 9.14. The molecule has 0 unspecified atom stereocenters. The standard InChI is InChI=1S/C19H14F9N5O2/c1-9-15(35-8-29-9)16(34)32-31-14-5-12(19(26,27)28)11-4-10(2-3-13(11)30-14)33(6-17(20,21)22)7-18(23,24)25/h2-5,8H,6-7H2,1H3,(H,30,31)(H,32,34). The van der Waals surface area contributed by atoms with E-state index in [1.807, 2.05) is 0 Å². The van der Waals surface area contributed by atoms with Crippen molar-refractivity contribution in [3.05, 3.63) is 47.7 Å². The summed E-state index contributed by atoms with van der Waals surface area (Å²) in [5.41, 5.74) is 1.85. The zero-order chi connectivity index (χ0) is 26.2. The number of fused-ring (bicyclic) bond motifs is 1. The van der Waals surface area contributed by atoms with Crippen LogP contribution >= 0.6 is 0 Å². The van der Waals surface area contributed by atoms with Crippen LogP contribution in [0.15, 0.2) is 35.1 Å². The number of rotatable bonds is 6. The molecule has 0 aliphatic rings. The van der Waals surface area contributed by atoms with Gasteiger partial charge in [-0.25, -0.2) is 9.97 Å². The average Bonchev–Trinajstić information content (AvgIpc) is 3.13. The predicted octanol–water partition coefficient (Wildman–Crippen LogP) is 5.24. The molecule has 2 aromatic heterocycles. The molecule has 0 radical (unpaired) electrons. The maximum absolute atomic E-state index is 13.7. The first kappa shape index (κ1) is 25.9. The first-order valence-corrected chi connectivity index (χ1v) is 9.40. The summed E-state index contributed by atoms with van der Waals surface area (Å²) < 4.78 is 123. The van der Waals surface area contributed by atoms with Gasteiger partial charge >= 0.3 is 24.4 Å². The van der Waals surface area contributed by atoms with Crippen LogP contribution in [0.4, 0.5) is 51.0 Å². The van der Waals surface area contributed by atoms with Gasteiger partial charge in [0, 0.05) is 11.1 Å². The second-order valence-electron chi connectivity index (χ2n) is 7.19. The van der Waals surface area contributed by atoms with Crippen LogP contribution in [0.2, 0.25) is 0 Å². The van der Waals surface area contributed by atoms with Gasteiger partial charge in [-0.15, -0.1) is 0 Å². The van der Waals surface area contributed by atoms with Crippen molar-refractivity contribution in [2.45, 2.75) is 25.5 Å². The van der Waals surface area contributed by atoms with Crippen LogP contribution in [-0.2, 0) is 6.18 Å². The predicted molar refractivity (Wildman–Crippen MR) is 103 cm³/mol. The summed E-state index contributed by atoms with van der Waals surface area (Å²) in [6, 6.07) is 2.61. The van der Waals surface area contributed by atoms with E-state index >= 15 is 0 Å². The number of hydrazine groups is 1. The Balaban J connectivity index is 2.00. The Morgan fingerprint density at radius 2 is 1.63 bits per heavy atom. The highest BCUT2D eigenvalue weighted by molar-refractivity contribution is 5.93. The lowest BCUT2D eigenvalue weighted by atomic mass is 10.1. The smallest absolute Gasteiger partial charge is 0.417 e. The molecule has 0 bridgehead atoms. The molecule has 0 spiro atoms. The monoisotopic (exact) mass is 515 g/mol. The molecule has 1 amide bonds. The van der Waals surface area contributed by atoms with Gasteiger partial charge in [0.15, 0.2) is 6.39 Å². The number of hydrogen-bond donors (Lipinski definition) is 2. The van der Waals surface area contributed by atoms with Gasteiger partial charge in [0.2, 0.25) is 5.76 Å². The fraction of sp³-hybridized carbons (Fsp3) is 0.316. The quantitative estimate of drug-likeness (QED) is 0.345. The largest absolute Gasteiger partial charge is 0.438 e. The molecule has 2 N–H and O–H groups in total. The van der Waals surface area contributed by atoms with Gasteiger partial charge in [0.1, 0.15) is 18.9 Å². The summed E-state index contributed by atoms with van der Waals surface area (Å²) in [5, 5.41) is -0.743. The van der Waals surface area contributed by atoms with E-state index in [9.17, 15) is 44.3 Å². The molecule has 0 atom stereocenters. The molecule has 3 rings (SSSR count). The van der Waals surface area contributed by atoms with Gasteiger partial charge in [0.25, 0.3) is 0 Å². The van der Waals surface area contributed by atoms with Crippen molar-refractivity contribution in [2.24, 2.45) is 0 Å². The van der Waals surface area contributed by atoms with Crippen molar-refractivity contribution < 1.29 is 48.7 Å². The number of halogens is 9. The zero-order valence-electron chi connectivity index (χ0n) is 17.4. The molecule has 0 aliphatic heterocycles. The number of amides is 1. The number of benzene rings is 1. The van der Waals surface area contributed by atoms with Crippen molar-refractivity contribution in [1.82, 2.24) is 15.4 Å². The summed E-state index contributed by atoms with van der Waals surface area (Å²) in [6.07, 6.45) is -14.2. The number of anilines is 2. The number of aryl methyl sites for hydroxylation is 1. The van der Waals surface area contributed by atoms with Crippen molar-refractivity contribution in [3.8, 4) is 0 Å². The van der Waals surface area contributed by atoms with Crippen molar-refractivity contribution in [1.29, 1.82) is 0 Å². The first-order valence-electron chi connectivity index (χ1n) is 9.40. The molecule has 0 saturated heterocycles. The minimum absolute atomic E-state index is 0.133. The third kappa shape index (κ3) is 6.66. The molecule has 35 heavy (non-hydrogen) atoms. The molecule has 3 aromatic rings. The van der Waals surface area contributed by atoms with Crippen molar-refractivity contribution >= 4 is 28.3 Å². The number of aromatic nitrogens is 2. The highest BCUT2D eigenvalue weighted by Gasteiger charge is 2.38. The summed E-state index contributed by atoms with van der Waals surface area (Å²) in [4.78, 5) is 19.4. The Hall–Kier alpha value is -3.72. The first-order chi connectivity index (χ1) is 16.0. The van der Waals surface area contributed by atoms with Crippen LogP contribution in [0, 0.1) is 6.92 Å². The lowest BCUT2D eigenvalue weighted by molar-refractivity contribution is -0.138. The highest BCUT2D eigenvalue weighted by atomic mass is 19.4. The topological polar surface area (TPSA) is 83.3 Å². The van der Waals surface area contributed by atoms with Crippen LogP contribution in [0.1, 0.15) is 21.8 Å². The summed E-state index contributed by atoms with van der Waals surface area (Å²) in [7, 11) is 0. The van der Waals surface area contributed by atoms with Gasteiger partial charge in [-0.3, -0.25) is 15.6 Å². The van der Waals surface area contributed by atoms with E-state index in [1.54, 1.807) is 0 Å². The van der Waals surface area contributed by atoms with Crippen LogP contribution in [0.3, 0.4) is 0 Å². The number of carbonyl (C=O) groups is 1. The van der Waals surface area contributed by atoms with E-state index in [-0.39, 0.29) is 16.4 Å². The number of hydrogen-bond acceptors (Lipinski definition) is 6. The maximum Gasteiger partial charge on any atom is 0.417 e. The van der Waals surface area contributed by atoms with E-state index in [0.29, 0.717) is 12.1 Å². The van der Waals surface area contributed by atoms with E-state index in [4.69, 9.17) is 4.42 Å². The van der Waals surface area contributed by atoms with Gasteiger partial charge in [-0.05, 0) is 31.2 Å². The highest BCUT2D eigenvalue weighted by Crippen LogP contribution is 2.38. The van der Waals surface area contributed by atoms with Gasteiger partial charge < -0.3 is 9.32 Å². The molecular weight excluding hydrogens is 501 g/mol. The molecule has 0 fully saturated rings. The Morgan fingerprint density at radius 1 is 1.00 bits per heavy atom. The molecular formula is C19H14F9N5O2. The third-order valence-electron chi connectivity index (χ3n) is 4.46. The van der Waals surface area contributed by atoms with Gasteiger partial charge in [-0.1, -0.05) is 0 Å².